The second-order valence-corrected chi connectivity index (χ2v) is 5.01. The molecule has 0 aliphatic heterocycles. The smallest absolute Gasteiger partial charge is 0.319 e. The molecule has 0 spiro atoms. The van der Waals surface area contributed by atoms with Crippen molar-refractivity contribution in [3.63, 3.8) is 0 Å². The van der Waals surface area contributed by atoms with Crippen LogP contribution in [-0.2, 0) is 0 Å². The van der Waals surface area contributed by atoms with E-state index in [1.54, 1.807) is 13.2 Å². The van der Waals surface area contributed by atoms with Gasteiger partial charge in [-0.2, -0.15) is 0 Å². The normalized spacial score (nSPS) is 10.2. The summed E-state index contributed by atoms with van der Waals surface area (Å²) in [4.78, 5) is 11.7. The van der Waals surface area contributed by atoms with Gasteiger partial charge in [-0.15, -0.1) is 0 Å². The largest absolute Gasteiger partial charge is 0.493 e. The van der Waals surface area contributed by atoms with Crippen molar-refractivity contribution in [1.82, 2.24) is 5.32 Å². The predicted molar refractivity (Wildman–Crippen MR) is 86.6 cm³/mol. The summed E-state index contributed by atoms with van der Waals surface area (Å²) in [7, 11) is 1.55. The Balaban J connectivity index is 1.77. The Morgan fingerprint density at radius 1 is 1.08 bits per heavy atom. The van der Waals surface area contributed by atoms with Crippen LogP contribution in [0.15, 0.2) is 36.4 Å². The molecule has 0 bridgehead atoms. The Bertz CT molecular complexity index is 723. The number of ether oxygens (including phenoxy) is 2. The fourth-order valence-corrected chi connectivity index (χ4v) is 1.97. The van der Waals surface area contributed by atoms with Crippen molar-refractivity contribution in [2.75, 3.05) is 25.6 Å². The van der Waals surface area contributed by atoms with Gasteiger partial charge in [-0.25, -0.2) is 13.6 Å². The monoisotopic (exact) mass is 336 g/mol. The van der Waals surface area contributed by atoms with Crippen LogP contribution in [0.3, 0.4) is 0 Å². The SMILES string of the molecule is COc1cc(C)ccc1OCCNC(=O)Nc1ccc(F)c(F)c1. The number of methoxy groups -OCH3 is 1. The molecule has 0 aromatic heterocycles. The molecule has 0 aliphatic carbocycles. The Labute approximate surface area is 138 Å². The molecule has 0 aliphatic rings. The van der Waals surface area contributed by atoms with Gasteiger partial charge in [0.25, 0.3) is 0 Å². The molecule has 5 nitrogen and oxygen atoms in total. The van der Waals surface area contributed by atoms with Gasteiger partial charge >= 0.3 is 6.03 Å². The molecule has 0 heterocycles. The number of aryl methyl sites for hydroxylation is 1. The summed E-state index contributed by atoms with van der Waals surface area (Å²) in [6.45, 7) is 2.40. The van der Waals surface area contributed by atoms with E-state index in [0.717, 1.165) is 17.7 Å². The van der Waals surface area contributed by atoms with Crippen molar-refractivity contribution in [3.8, 4) is 11.5 Å². The highest BCUT2D eigenvalue weighted by Crippen LogP contribution is 2.27. The highest BCUT2D eigenvalue weighted by molar-refractivity contribution is 5.89. The van der Waals surface area contributed by atoms with Gasteiger partial charge in [-0.05, 0) is 36.8 Å². The molecule has 7 heteroatoms. The summed E-state index contributed by atoms with van der Waals surface area (Å²) in [5.41, 5.74) is 1.20. The number of hydrogen-bond donors (Lipinski definition) is 2. The molecule has 2 amide bonds. The Morgan fingerprint density at radius 2 is 1.88 bits per heavy atom. The Hall–Kier alpha value is -2.83. The van der Waals surface area contributed by atoms with Gasteiger partial charge in [-0.1, -0.05) is 6.07 Å². The van der Waals surface area contributed by atoms with Crippen molar-refractivity contribution in [3.05, 3.63) is 53.6 Å². The molecule has 0 radical (unpaired) electrons. The minimum atomic E-state index is -1.03. The standard InChI is InChI=1S/C17H18F2N2O3/c1-11-3-6-15(16(9-11)23-2)24-8-7-20-17(22)21-12-4-5-13(18)14(19)10-12/h3-6,9-10H,7-8H2,1-2H3,(H2,20,21,22). The fourth-order valence-electron chi connectivity index (χ4n) is 1.97. The Kier molecular flexibility index (Phi) is 5.95. The van der Waals surface area contributed by atoms with Gasteiger partial charge in [0.15, 0.2) is 23.1 Å². The molecule has 24 heavy (non-hydrogen) atoms. The number of carbonyl (C=O) groups is 1. The van der Waals surface area contributed by atoms with E-state index in [4.69, 9.17) is 9.47 Å². The van der Waals surface area contributed by atoms with E-state index in [1.807, 2.05) is 19.1 Å². The molecule has 2 rings (SSSR count). The van der Waals surface area contributed by atoms with E-state index in [1.165, 1.54) is 6.07 Å². The summed E-state index contributed by atoms with van der Waals surface area (Å²) in [5, 5.41) is 4.95. The lowest BCUT2D eigenvalue weighted by molar-refractivity contribution is 0.246. The number of halogens is 2. The summed E-state index contributed by atoms with van der Waals surface area (Å²) in [5.74, 6) is -0.809. The molecule has 0 fully saturated rings. The van der Waals surface area contributed by atoms with Crippen LogP contribution in [0.4, 0.5) is 19.3 Å². The lowest BCUT2D eigenvalue weighted by atomic mass is 10.2. The summed E-state index contributed by atoms with van der Waals surface area (Å²) < 4.78 is 36.6. The molecule has 2 aromatic rings. The topological polar surface area (TPSA) is 59.6 Å². The number of amides is 2. The maximum Gasteiger partial charge on any atom is 0.319 e. The molecule has 2 N–H and O–H groups in total. The van der Waals surface area contributed by atoms with Crippen LogP contribution in [0.5, 0.6) is 11.5 Å². The number of benzene rings is 2. The van der Waals surface area contributed by atoms with E-state index in [2.05, 4.69) is 10.6 Å². The first-order valence-electron chi connectivity index (χ1n) is 7.27. The number of carbonyl (C=O) groups excluding carboxylic acids is 1. The molecule has 2 aromatic carbocycles. The van der Waals surface area contributed by atoms with E-state index in [0.29, 0.717) is 11.5 Å². The third kappa shape index (κ3) is 4.84. The van der Waals surface area contributed by atoms with Gasteiger partial charge in [0, 0.05) is 11.8 Å². The molecule has 0 saturated carbocycles. The van der Waals surface area contributed by atoms with Crippen molar-refractivity contribution in [1.29, 1.82) is 0 Å². The average Bonchev–Trinajstić information content (AvgIpc) is 2.56. The van der Waals surface area contributed by atoms with Crippen molar-refractivity contribution in [2.45, 2.75) is 6.92 Å². The van der Waals surface area contributed by atoms with Gasteiger partial charge in [0.2, 0.25) is 0 Å². The van der Waals surface area contributed by atoms with Crippen LogP contribution in [-0.4, -0.2) is 26.3 Å². The second kappa shape index (κ2) is 8.14. The van der Waals surface area contributed by atoms with E-state index < -0.39 is 17.7 Å². The van der Waals surface area contributed by atoms with Crippen LogP contribution >= 0.6 is 0 Å². The zero-order chi connectivity index (χ0) is 17.5. The van der Waals surface area contributed by atoms with E-state index in [-0.39, 0.29) is 18.8 Å². The third-order valence-corrected chi connectivity index (χ3v) is 3.14. The summed E-state index contributed by atoms with van der Waals surface area (Å²) in [6, 6.07) is 8.10. The van der Waals surface area contributed by atoms with Crippen LogP contribution in [0.2, 0.25) is 0 Å². The van der Waals surface area contributed by atoms with Crippen LogP contribution < -0.4 is 20.1 Å². The van der Waals surface area contributed by atoms with E-state index >= 15 is 0 Å². The molecule has 0 unspecified atom stereocenters. The van der Waals surface area contributed by atoms with Crippen LogP contribution in [0.1, 0.15) is 5.56 Å². The maximum absolute atomic E-state index is 13.0. The molecular weight excluding hydrogens is 318 g/mol. The molecule has 0 saturated heterocycles. The number of hydrogen-bond acceptors (Lipinski definition) is 3. The quantitative estimate of drug-likeness (QED) is 0.794. The fraction of sp³-hybridized carbons (Fsp3) is 0.235. The number of urea groups is 1. The highest BCUT2D eigenvalue weighted by Gasteiger charge is 2.07. The van der Waals surface area contributed by atoms with Gasteiger partial charge in [0.05, 0.1) is 13.7 Å². The first-order chi connectivity index (χ1) is 11.5. The highest BCUT2D eigenvalue weighted by atomic mass is 19.2. The predicted octanol–water partition coefficient (Wildman–Crippen LogP) is 3.48. The first-order valence-corrected chi connectivity index (χ1v) is 7.27. The van der Waals surface area contributed by atoms with Gasteiger partial charge < -0.3 is 20.1 Å². The second-order valence-electron chi connectivity index (χ2n) is 5.01. The number of rotatable bonds is 6. The maximum atomic E-state index is 13.0. The first kappa shape index (κ1) is 17.5. The summed E-state index contributed by atoms with van der Waals surface area (Å²) >= 11 is 0. The van der Waals surface area contributed by atoms with Crippen molar-refractivity contribution in [2.24, 2.45) is 0 Å². The average molecular weight is 336 g/mol. The molecule has 0 atom stereocenters. The lowest BCUT2D eigenvalue weighted by Crippen LogP contribution is -2.32. The van der Waals surface area contributed by atoms with Crippen LogP contribution in [0.25, 0.3) is 0 Å². The lowest BCUT2D eigenvalue weighted by Gasteiger charge is -2.12. The minimum Gasteiger partial charge on any atom is -0.493 e. The summed E-state index contributed by atoms with van der Waals surface area (Å²) in [6.07, 6.45) is 0. The minimum absolute atomic E-state index is 0.160. The van der Waals surface area contributed by atoms with Crippen molar-refractivity contribution >= 4 is 11.7 Å². The van der Waals surface area contributed by atoms with Gasteiger partial charge in [-0.3, -0.25) is 0 Å². The Morgan fingerprint density at radius 3 is 2.58 bits per heavy atom. The number of anilines is 1. The van der Waals surface area contributed by atoms with E-state index in [9.17, 15) is 13.6 Å². The molecule has 128 valence electrons. The zero-order valence-electron chi connectivity index (χ0n) is 13.4. The zero-order valence-corrected chi connectivity index (χ0v) is 13.4. The third-order valence-electron chi connectivity index (χ3n) is 3.14. The van der Waals surface area contributed by atoms with Crippen LogP contribution in [0, 0.1) is 18.6 Å². The van der Waals surface area contributed by atoms with Gasteiger partial charge in [0.1, 0.15) is 6.61 Å². The molecular formula is C17H18F2N2O3. The van der Waals surface area contributed by atoms with Crippen molar-refractivity contribution < 1.29 is 23.0 Å². The number of nitrogens with one attached hydrogen (secondary N) is 2.